The van der Waals surface area contributed by atoms with Gasteiger partial charge in [0.05, 0.1) is 13.2 Å². The Labute approximate surface area is 118 Å². The van der Waals surface area contributed by atoms with Crippen molar-refractivity contribution in [1.29, 1.82) is 0 Å². The van der Waals surface area contributed by atoms with Gasteiger partial charge in [0.25, 0.3) is 0 Å². The molecular weight excluding hydrogens is 260 g/mol. The van der Waals surface area contributed by atoms with Crippen LogP contribution >= 0.6 is 0 Å². The summed E-state index contributed by atoms with van der Waals surface area (Å²) in [6, 6.07) is 9.78. The topological polar surface area (TPSA) is 57.2 Å². The first-order valence-corrected chi connectivity index (χ1v) is 6.86. The van der Waals surface area contributed by atoms with Crippen LogP contribution in [-0.4, -0.2) is 42.1 Å². The molecule has 4 atom stereocenters. The van der Waals surface area contributed by atoms with Gasteiger partial charge in [-0.3, -0.25) is 0 Å². The first kappa shape index (κ1) is 14.0. The number of ether oxygens (including phenoxy) is 4. The number of benzene rings is 1. The average molecular weight is 280 g/mol. The Morgan fingerprint density at radius 1 is 1.25 bits per heavy atom. The lowest BCUT2D eigenvalue weighted by molar-refractivity contribution is -0.255. The molecule has 5 nitrogen and oxygen atoms in total. The molecule has 2 fully saturated rings. The second-order valence-electron chi connectivity index (χ2n) is 5.63. The number of aliphatic hydroxyl groups is 1. The summed E-state index contributed by atoms with van der Waals surface area (Å²) in [4.78, 5) is 0. The quantitative estimate of drug-likeness (QED) is 0.908. The van der Waals surface area contributed by atoms with Crippen molar-refractivity contribution in [3.8, 4) is 0 Å². The summed E-state index contributed by atoms with van der Waals surface area (Å²) in [7, 11) is 0. The molecule has 110 valence electrons. The zero-order valence-corrected chi connectivity index (χ0v) is 11.7. The van der Waals surface area contributed by atoms with Gasteiger partial charge in [0, 0.05) is 0 Å². The standard InChI is InChI=1S/C15H20O5/c1-15(2)19-11-9-18-14(12(16)13(11)20-15)17-8-10-6-4-3-5-7-10/h3-7,11-14,16H,8-9H2,1-2H3/t11-,12+,13-,14?/m1/s1. The zero-order chi connectivity index (χ0) is 14.2. The van der Waals surface area contributed by atoms with E-state index in [1.54, 1.807) is 0 Å². The van der Waals surface area contributed by atoms with E-state index in [9.17, 15) is 5.11 Å². The van der Waals surface area contributed by atoms with Gasteiger partial charge in [-0.1, -0.05) is 30.3 Å². The highest BCUT2D eigenvalue weighted by molar-refractivity contribution is 5.13. The fraction of sp³-hybridized carbons (Fsp3) is 0.600. The highest BCUT2D eigenvalue weighted by Crippen LogP contribution is 2.34. The molecule has 2 aliphatic heterocycles. The van der Waals surface area contributed by atoms with Crippen molar-refractivity contribution in [2.24, 2.45) is 0 Å². The first-order valence-electron chi connectivity index (χ1n) is 6.86. The summed E-state index contributed by atoms with van der Waals surface area (Å²) in [6.07, 6.45) is -2.18. The van der Waals surface area contributed by atoms with E-state index in [2.05, 4.69) is 0 Å². The zero-order valence-electron chi connectivity index (χ0n) is 11.7. The molecule has 5 heteroatoms. The van der Waals surface area contributed by atoms with Gasteiger partial charge in [0.15, 0.2) is 12.1 Å². The molecule has 1 aromatic rings. The minimum absolute atomic E-state index is 0.239. The fourth-order valence-corrected chi connectivity index (χ4v) is 2.62. The lowest BCUT2D eigenvalue weighted by Gasteiger charge is -2.34. The van der Waals surface area contributed by atoms with Gasteiger partial charge in [-0.15, -0.1) is 0 Å². The van der Waals surface area contributed by atoms with E-state index in [-0.39, 0.29) is 6.10 Å². The van der Waals surface area contributed by atoms with E-state index >= 15 is 0 Å². The van der Waals surface area contributed by atoms with Crippen LogP contribution in [0.2, 0.25) is 0 Å². The molecule has 1 aromatic carbocycles. The van der Waals surface area contributed by atoms with Crippen molar-refractivity contribution in [3.63, 3.8) is 0 Å². The Kier molecular flexibility index (Phi) is 3.79. The van der Waals surface area contributed by atoms with Crippen LogP contribution in [0.4, 0.5) is 0 Å². The van der Waals surface area contributed by atoms with Crippen LogP contribution in [0, 0.1) is 0 Å². The van der Waals surface area contributed by atoms with Gasteiger partial charge in [0.1, 0.15) is 18.3 Å². The average Bonchev–Trinajstić information content (AvgIpc) is 2.75. The molecule has 2 aliphatic rings. The lowest BCUT2D eigenvalue weighted by atomic mass is 10.1. The van der Waals surface area contributed by atoms with Gasteiger partial charge in [-0.05, 0) is 19.4 Å². The molecule has 0 aliphatic carbocycles. The highest BCUT2D eigenvalue weighted by atomic mass is 16.8. The van der Waals surface area contributed by atoms with E-state index < -0.39 is 24.3 Å². The SMILES string of the molecule is CC1(C)O[C@H]2[C@H](O)C(OCc3ccccc3)OC[C@H]2O1. The molecular formula is C15H20O5. The largest absolute Gasteiger partial charge is 0.385 e. The van der Waals surface area contributed by atoms with Crippen LogP contribution in [-0.2, 0) is 25.6 Å². The molecule has 0 aromatic heterocycles. The van der Waals surface area contributed by atoms with Gasteiger partial charge in [-0.2, -0.15) is 0 Å². The van der Waals surface area contributed by atoms with E-state index in [0.29, 0.717) is 13.2 Å². The lowest BCUT2D eigenvalue weighted by Crippen LogP contribution is -2.52. The van der Waals surface area contributed by atoms with E-state index in [4.69, 9.17) is 18.9 Å². The monoisotopic (exact) mass is 280 g/mol. The van der Waals surface area contributed by atoms with Crippen molar-refractivity contribution < 1.29 is 24.1 Å². The molecule has 0 spiro atoms. The Morgan fingerprint density at radius 3 is 2.75 bits per heavy atom. The molecule has 20 heavy (non-hydrogen) atoms. The van der Waals surface area contributed by atoms with Crippen molar-refractivity contribution >= 4 is 0 Å². The second-order valence-corrected chi connectivity index (χ2v) is 5.63. The predicted octanol–water partition coefficient (Wildman–Crippen LogP) is 1.44. The van der Waals surface area contributed by atoms with Crippen molar-refractivity contribution in [2.75, 3.05) is 6.61 Å². The number of aliphatic hydroxyl groups excluding tert-OH is 1. The minimum atomic E-state index is -0.848. The molecule has 0 saturated carbocycles. The normalized spacial score (nSPS) is 35.8. The molecule has 0 radical (unpaired) electrons. The molecule has 1 N–H and O–H groups in total. The number of hydrogen-bond donors (Lipinski definition) is 1. The van der Waals surface area contributed by atoms with Crippen LogP contribution in [0.15, 0.2) is 30.3 Å². The summed E-state index contributed by atoms with van der Waals surface area (Å²) < 4.78 is 22.6. The number of fused-ring (bicyclic) bond motifs is 1. The van der Waals surface area contributed by atoms with E-state index in [1.165, 1.54) is 0 Å². The van der Waals surface area contributed by atoms with Gasteiger partial charge in [-0.25, -0.2) is 0 Å². The first-order chi connectivity index (χ1) is 9.55. The molecule has 2 saturated heterocycles. The van der Waals surface area contributed by atoms with E-state index in [0.717, 1.165) is 5.56 Å². The molecule has 0 bridgehead atoms. The van der Waals surface area contributed by atoms with Crippen LogP contribution < -0.4 is 0 Å². The third-order valence-corrected chi connectivity index (χ3v) is 3.52. The van der Waals surface area contributed by atoms with Gasteiger partial charge in [0.2, 0.25) is 0 Å². The second kappa shape index (κ2) is 5.42. The van der Waals surface area contributed by atoms with Crippen molar-refractivity contribution in [2.45, 2.75) is 50.8 Å². The number of hydrogen-bond acceptors (Lipinski definition) is 5. The van der Waals surface area contributed by atoms with Crippen molar-refractivity contribution in [3.05, 3.63) is 35.9 Å². The Hall–Kier alpha value is -0.980. The Morgan fingerprint density at radius 2 is 2.00 bits per heavy atom. The van der Waals surface area contributed by atoms with Crippen LogP contribution in [0.25, 0.3) is 0 Å². The van der Waals surface area contributed by atoms with Crippen LogP contribution in [0.1, 0.15) is 19.4 Å². The maximum absolute atomic E-state index is 10.3. The summed E-state index contributed by atoms with van der Waals surface area (Å²) in [6.45, 7) is 4.42. The third-order valence-electron chi connectivity index (χ3n) is 3.52. The smallest absolute Gasteiger partial charge is 0.186 e. The summed E-state index contributed by atoms with van der Waals surface area (Å²) >= 11 is 0. The summed E-state index contributed by atoms with van der Waals surface area (Å²) in [5.74, 6) is -0.687. The Bertz CT molecular complexity index is 447. The maximum atomic E-state index is 10.3. The molecule has 2 heterocycles. The molecule has 0 amide bonds. The molecule has 1 unspecified atom stereocenters. The minimum Gasteiger partial charge on any atom is -0.385 e. The van der Waals surface area contributed by atoms with Crippen molar-refractivity contribution in [1.82, 2.24) is 0 Å². The number of rotatable bonds is 3. The highest BCUT2D eigenvalue weighted by Gasteiger charge is 2.50. The fourth-order valence-electron chi connectivity index (χ4n) is 2.62. The molecule has 3 rings (SSSR count). The third kappa shape index (κ3) is 2.87. The Balaban J connectivity index is 1.59. The van der Waals surface area contributed by atoms with Crippen LogP contribution in [0.3, 0.4) is 0 Å². The summed E-state index contributed by atoms with van der Waals surface area (Å²) in [5.41, 5.74) is 1.04. The predicted molar refractivity (Wildman–Crippen MR) is 70.8 cm³/mol. The van der Waals surface area contributed by atoms with Crippen LogP contribution in [0.5, 0.6) is 0 Å². The summed E-state index contributed by atoms with van der Waals surface area (Å²) in [5, 5.41) is 10.3. The maximum Gasteiger partial charge on any atom is 0.186 e. The van der Waals surface area contributed by atoms with Gasteiger partial charge < -0.3 is 24.1 Å². The van der Waals surface area contributed by atoms with E-state index in [1.807, 2.05) is 44.2 Å². The van der Waals surface area contributed by atoms with Gasteiger partial charge >= 0.3 is 0 Å².